The van der Waals surface area contributed by atoms with Crippen LogP contribution in [0.15, 0.2) is 6.07 Å². The molecule has 0 aliphatic rings. The van der Waals surface area contributed by atoms with E-state index >= 15 is 0 Å². The van der Waals surface area contributed by atoms with Gasteiger partial charge in [-0.1, -0.05) is 41.5 Å². The highest BCUT2D eigenvalue weighted by molar-refractivity contribution is 5.32. The van der Waals surface area contributed by atoms with Crippen LogP contribution in [-0.2, 0) is 10.8 Å². The molecule has 90 valence electrons. The highest BCUT2D eigenvalue weighted by Crippen LogP contribution is 2.31. The molecule has 0 saturated carbocycles. The molecule has 0 saturated heterocycles. The molecule has 0 radical (unpaired) electrons. The summed E-state index contributed by atoms with van der Waals surface area (Å²) in [5, 5.41) is 0. The third-order valence-electron chi connectivity index (χ3n) is 2.60. The van der Waals surface area contributed by atoms with Crippen molar-refractivity contribution in [3.05, 3.63) is 28.8 Å². The van der Waals surface area contributed by atoms with E-state index in [1.165, 1.54) is 0 Å². The summed E-state index contributed by atoms with van der Waals surface area (Å²) >= 11 is 0. The molecule has 16 heavy (non-hydrogen) atoms. The maximum Gasteiger partial charge on any atom is 0.148 e. The molecule has 0 aliphatic heterocycles. The quantitative estimate of drug-likeness (QED) is 0.644. The Bertz CT molecular complexity index is 359. The van der Waals surface area contributed by atoms with Crippen molar-refractivity contribution in [1.29, 1.82) is 0 Å². The van der Waals surface area contributed by atoms with Crippen molar-refractivity contribution in [1.82, 2.24) is 4.98 Å². The van der Waals surface area contributed by atoms with E-state index in [2.05, 4.69) is 4.98 Å². The van der Waals surface area contributed by atoms with Crippen LogP contribution in [0.3, 0.4) is 0 Å². The van der Waals surface area contributed by atoms with Gasteiger partial charge in [0.25, 0.3) is 0 Å². The predicted octanol–water partition coefficient (Wildman–Crippen LogP) is 4.12. The van der Waals surface area contributed by atoms with Crippen LogP contribution < -0.4 is 0 Å². The van der Waals surface area contributed by atoms with Crippen LogP contribution >= 0.6 is 0 Å². The molecule has 0 N–H and O–H groups in total. The van der Waals surface area contributed by atoms with Crippen molar-refractivity contribution in [2.24, 2.45) is 0 Å². The summed E-state index contributed by atoms with van der Waals surface area (Å²) in [4.78, 5) is 4.34. The van der Waals surface area contributed by atoms with Crippen molar-refractivity contribution in [2.45, 2.75) is 59.3 Å². The second-order valence-corrected chi connectivity index (χ2v) is 6.47. The van der Waals surface area contributed by atoms with Gasteiger partial charge in [0.1, 0.15) is 5.82 Å². The van der Waals surface area contributed by atoms with Gasteiger partial charge < -0.3 is 0 Å². The van der Waals surface area contributed by atoms with Crippen LogP contribution in [0.1, 0.15) is 58.5 Å². The molecule has 0 atom stereocenters. The van der Waals surface area contributed by atoms with E-state index in [0.717, 1.165) is 11.3 Å². The maximum atomic E-state index is 14.4. The maximum absolute atomic E-state index is 14.4. The van der Waals surface area contributed by atoms with E-state index in [1.807, 2.05) is 54.5 Å². The highest BCUT2D eigenvalue weighted by Gasteiger charge is 2.27. The average Bonchev–Trinajstić information content (AvgIpc) is 2.04. The van der Waals surface area contributed by atoms with Crippen molar-refractivity contribution in [3.63, 3.8) is 0 Å². The van der Waals surface area contributed by atoms with Gasteiger partial charge in [-0.15, -0.1) is 0 Å². The molecule has 0 unspecified atom stereocenters. The molecule has 0 aromatic carbocycles. The lowest BCUT2D eigenvalue weighted by Crippen LogP contribution is -2.22. The molecule has 1 nitrogen and oxygen atoms in total. The average molecular weight is 223 g/mol. The molecule has 0 spiro atoms. The number of aromatic nitrogens is 1. The van der Waals surface area contributed by atoms with E-state index in [4.69, 9.17) is 0 Å². The van der Waals surface area contributed by atoms with Gasteiger partial charge in [0.15, 0.2) is 0 Å². The normalized spacial score (nSPS) is 13.0. The first-order valence-corrected chi connectivity index (χ1v) is 5.71. The van der Waals surface area contributed by atoms with Gasteiger partial charge in [0.2, 0.25) is 0 Å². The second kappa shape index (κ2) is 3.83. The van der Waals surface area contributed by atoms with Crippen molar-refractivity contribution >= 4 is 0 Å². The zero-order valence-corrected chi connectivity index (χ0v) is 11.4. The molecule has 0 bridgehead atoms. The predicted molar refractivity (Wildman–Crippen MR) is 66.3 cm³/mol. The number of nitrogens with zero attached hydrogens (tertiary/aromatic N) is 1. The fraction of sp³-hybridized carbons (Fsp3) is 0.643. The van der Waals surface area contributed by atoms with Crippen molar-refractivity contribution < 1.29 is 4.39 Å². The Morgan fingerprint density at radius 1 is 1.00 bits per heavy atom. The highest BCUT2D eigenvalue weighted by atomic mass is 19.1. The third-order valence-corrected chi connectivity index (χ3v) is 2.60. The van der Waals surface area contributed by atoms with E-state index in [1.54, 1.807) is 0 Å². The lowest BCUT2D eigenvalue weighted by Gasteiger charge is -2.26. The fourth-order valence-electron chi connectivity index (χ4n) is 1.70. The van der Waals surface area contributed by atoms with Crippen LogP contribution in [0.4, 0.5) is 4.39 Å². The Labute approximate surface area is 98.1 Å². The van der Waals surface area contributed by atoms with Gasteiger partial charge in [-0.2, -0.15) is 0 Å². The Morgan fingerprint density at radius 2 is 1.50 bits per heavy atom. The van der Waals surface area contributed by atoms with Crippen LogP contribution in [-0.4, -0.2) is 4.98 Å². The molecule has 0 amide bonds. The molecular weight excluding hydrogens is 201 g/mol. The topological polar surface area (TPSA) is 12.9 Å². The molecule has 1 heterocycles. The van der Waals surface area contributed by atoms with Crippen LogP contribution in [0.25, 0.3) is 0 Å². The summed E-state index contributed by atoms with van der Waals surface area (Å²) in [6.07, 6.45) is 0. The van der Waals surface area contributed by atoms with E-state index in [0.29, 0.717) is 5.69 Å². The second-order valence-electron chi connectivity index (χ2n) is 6.47. The van der Waals surface area contributed by atoms with Gasteiger partial charge in [0.05, 0.1) is 5.69 Å². The van der Waals surface area contributed by atoms with E-state index < -0.39 is 0 Å². The molecule has 1 rings (SSSR count). The molecule has 2 heteroatoms. The summed E-state index contributed by atoms with van der Waals surface area (Å²) in [5.74, 6) is -0.148. The molecule has 1 aromatic rings. The van der Waals surface area contributed by atoms with Crippen LogP contribution in [0, 0.1) is 12.7 Å². The number of hydrogen-bond donors (Lipinski definition) is 0. The lowest BCUT2D eigenvalue weighted by molar-refractivity contribution is 0.465. The number of aryl methyl sites for hydroxylation is 1. The van der Waals surface area contributed by atoms with Crippen molar-refractivity contribution in [2.75, 3.05) is 0 Å². The number of pyridine rings is 1. The zero-order chi connectivity index (χ0) is 12.7. The Morgan fingerprint density at radius 3 is 1.88 bits per heavy atom. The van der Waals surface area contributed by atoms with Crippen LogP contribution in [0.5, 0.6) is 0 Å². The first-order chi connectivity index (χ1) is 7.03. The van der Waals surface area contributed by atoms with Gasteiger partial charge in [-0.25, -0.2) is 4.39 Å². The van der Waals surface area contributed by atoms with Gasteiger partial charge in [-0.3, -0.25) is 4.98 Å². The number of hydrogen-bond acceptors (Lipinski definition) is 1. The Kier molecular flexibility index (Phi) is 3.15. The summed E-state index contributed by atoms with van der Waals surface area (Å²) in [6.45, 7) is 14.0. The first-order valence-electron chi connectivity index (χ1n) is 5.71. The molecule has 1 aromatic heterocycles. The monoisotopic (exact) mass is 223 g/mol. The third kappa shape index (κ3) is 2.60. The Hall–Kier alpha value is -0.920. The van der Waals surface area contributed by atoms with Crippen molar-refractivity contribution in [3.8, 4) is 0 Å². The Balaban J connectivity index is 3.51. The summed E-state index contributed by atoms with van der Waals surface area (Å²) in [5.41, 5.74) is 1.77. The summed E-state index contributed by atoms with van der Waals surface area (Å²) in [7, 11) is 0. The lowest BCUT2D eigenvalue weighted by atomic mass is 9.82. The summed E-state index contributed by atoms with van der Waals surface area (Å²) < 4.78 is 14.4. The van der Waals surface area contributed by atoms with E-state index in [-0.39, 0.29) is 16.6 Å². The minimum absolute atomic E-state index is 0.148. The van der Waals surface area contributed by atoms with Gasteiger partial charge >= 0.3 is 0 Å². The first kappa shape index (κ1) is 13.1. The largest absolute Gasteiger partial charge is 0.255 e. The zero-order valence-electron chi connectivity index (χ0n) is 11.4. The van der Waals surface area contributed by atoms with Crippen LogP contribution in [0.2, 0.25) is 0 Å². The number of halogens is 1. The van der Waals surface area contributed by atoms with Gasteiger partial charge in [0, 0.05) is 11.1 Å². The fourth-order valence-corrected chi connectivity index (χ4v) is 1.70. The van der Waals surface area contributed by atoms with Gasteiger partial charge in [-0.05, 0) is 24.0 Å². The van der Waals surface area contributed by atoms with E-state index in [9.17, 15) is 4.39 Å². The molecular formula is C14H22FN. The smallest absolute Gasteiger partial charge is 0.148 e. The minimum atomic E-state index is -0.254. The standard InChI is InChI=1S/C14H22FN/c1-9-8-10(13(2,3)4)11(15)12(16-9)14(5,6)7/h8H,1-7H3. The number of rotatable bonds is 0. The summed E-state index contributed by atoms with van der Waals surface area (Å²) in [6, 6.07) is 1.85. The minimum Gasteiger partial charge on any atom is -0.255 e. The SMILES string of the molecule is Cc1cc(C(C)(C)C)c(F)c(C(C)(C)C)n1. The molecule has 0 aliphatic carbocycles. The molecule has 0 fully saturated rings.